The Balaban J connectivity index is 0.000000360. The minimum absolute atomic E-state index is 0.105. The molecule has 0 unspecified atom stereocenters. The van der Waals surface area contributed by atoms with Gasteiger partial charge in [0.05, 0.1) is 0 Å². The summed E-state index contributed by atoms with van der Waals surface area (Å²) in [5.74, 6) is 8.25. The molecule has 0 spiro atoms. The van der Waals surface area contributed by atoms with Gasteiger partial charge < -0.3 is 16.6 Å². The van der Waals surface area contributed by atoms with E-state index in [2.05, 4.69) is 20.4 Å². The highest BCUT2D eigenvalue weighted by Crippen LogP contribution is 2.15. The fraction of sp³-hybridized carbons (Fsp3) is 0.250. The lowest BCUT2D eigenvalue weighted by Crippen LogP contribution is -2.17. The van der Waals surface area contributed by atoms with Gasteiger partial charge in [0.15, 0.2) is 0 Å². The average Bonchev–Trinajstić information content (AvgIpc) is 2.35. The maximum absolute atomic E-state index is 9.67. The lowest BCUT2D eigenvalue weighted by molar-refractivity contribution is 0.222. The maximum atomic E-state index is 9.67. The molecule has 0 saturated carbocycles. The predicted octanol–water partition coefficient (Wildman–Crippen LogP) is -1.60. The molecule has 0 aliphatic carbocycles. The summed E-state index contributed by atoms with van der Waals surface area (Å²) in [5.41, 5.74) is 13.4. The number of anilines is 2. The molecule has 9 N–H and O–H groups in total. The minimum Gasteiger partial charge on any atom is -0.399 e. The summed E-state index contributed by atoms with van der Waals surface area (Å²) in [5, 5.41) is 8.64. The van der Waals surface area contributed by atoms with Gasteiger partial charge >= 0.3 is 10.4 Å². The van der Waals surface area contributed by atoms with Gasteiger partial charge in [-0.3, -0.25) is 0 Å². The third-order valence-electron chi connectivity index (χ3n) is 1.78. The van der Waals surface area contributed by atoms with Crippen molar-refractivity contribution in [3.8, 4) is 0 Å². The zero-order chi connectivity index (χ0) is 14.2. The molecule has 1 aromatic rings. The summed E-state index contributed by atoms with van der Waals surface area (Å²) in [6, 6.07) is 5.28. The molecule has 104 valence electrons. The van der Waals surface area contributed by atoms with Gasteiger partial charge in [-0.2, -0.15) is 28.8 Å². The molecule has 18 heavy (non-hydrogen) atoms. The molecule has 1 aromatic carbocycles. The number of nitrogen functional groups attached to an aromatic ring is 2. The van der Waals surface area contributed by atoms with Crippen molar-refractivity contribution in [1.82, 2.24) is 0 Å². The predicted molar refractivity (Wildman–Crippen MR) is 65.5 cm³/mol. The van der Waals surface area contributed by atoms with E-state index in [0.717, 1.165) is 5.56 Å². The van der Waals surface area contributed by atoms with Crippen LogP contribution in [0, 0.1) is 0 Å². The highest BCUT2D eigenvalue weighted by molar-refractivity contribution is 7.81. The van der Waals surface area contributed by atoms with E-state index in [1.54, 1.807) is 18.2 Å². The SMILES string of the molecule is NOS(=O)(=O)ON.Nc1ccc(N)c(CCO)c1. The Hall–Kier alpha value is -1.43. The van der Waals surface area contributed by atoms with Crippen LogP contribution in [-0.4, -0.2) is 20.1 Å². The van der Waals surface area contributed by atoms with E-state index in [0.29, 0.717) is 17.8 Å². The van der Waals surface area contributed by atoms with Crippen molar-refractivity contribution in [2.75, 3.05) is 18.1 Å². The number of hydrogen-bond acceptors (Lipinski definition) is 9. The molecule has 0 aliphatic rings. The summed E-state index contributed by atoms with van der Waals surface area (Å²) in [4.78, 5) is 0. The van der Waals surface area contributed by atoms with Crippen LogP contribution in [0.1, 0.15) is 5.56 Å². The Morgan fingerprint density at radius 3 is 2.11 bits per heavy atom. The summed E-state index contributed by atoms with van der Waals surface area (Å²) in [6.07, 6.45) is 0.566. The molecular formula is C8H16N4O5S. The van der Waals surface area contributed by atoms with Gasteiger partial charge in [0.1, 0.15) is 0 Å². The molecule has 0 bridgehead atoms. The first-order valence-corrected chi connectivity index (χ1v) is 5.96. The van der Waals surface area contributed by atoms with Crippen molar-refractivity contribution in [2.24, 2.45) is 11.8 Å². The van der Waals surface area contributed by atoms with E-state index < -0.39 is 10.4 Å². The van der Waals surface area contributed by atoms with Crippen molar-refractivity contribution in [2.45, 2.75) is 6.42 Å². The second kappa shape index (κ2) is 7.81. The van der Waals surface area contributed by atoms with Crippen molar-refractivity contribution in [3.63, 3.8) is 0 Å². The molecule has 0 saturated heterocycles. The maximum Gasteiger partial charge on any atom is 0.431 e. The quantitative estimate of drug-likeness (QED) is 0.321. The number of nitrogens with two attached hydrogens (primary N) is 4. The smallest absolute Gasteiger partial charge is 0.399 e. The Bertz CT molecular complexity index is 455. The third kappa shape index (κ3) is 6.34. The lowest BCUT2D eigenvalue weighted by Gasteiger charge is -2.03. The van der Waals surface area contributed by atoms with Crippen LogP contribution in [-0.2, 0) is 25.4 Å². The van der Waals surface area contributed by atoms with Crippen LogP contribution in [0.25, 0.3) is 0 Å². The van der Waals surface area contributed by atoms with Crippen LogP contribution < -0.4 is 23.3 Å². The van der Waals surface area contributed by atoms with Crippen molar-refractivity contribution in [3.05, 3.63) is 23.8 Å². The first-order valence-electron chi connectivity index (χ1n) is 4.62. The highest BCUT2D eigenvalue weighted by atomic mass is 32.3. The Labute approximate surface area is 104 Å². The van der Waals surface area contributed by atoms with Gasteiger partial charge in [-0.05, 0) is 30.2 Å². The highest BCUT2D eigenvalue weighted by Gasteiger charge is 2.04. The zero-order valence-corrected chi connectivity index (χ0v) is 10.3. The van der Waals surface area contributed by atoms with Crippen LogP contribution in [0.3, 0.4) is 0 Å². The first kappa shape index (κ1) is 16.6. The number of rotatable bonds is 4. The van der Waals surface area contributed by atoms with Crippen LogP contribution >= 0.6 is 0 Å². The summed E-state index contributed by atoms with van der Waals surface area (Å²) < 4.78 is 25.8. The van der Waals surface area contributed by atoms with Crippen molar-refractivity contribution >= 4 is 21.8 Å². The van der Waals surface area contributed by atoms with Crippen LogP contribution in [0.2, 0.25) is 0 Å². The summed E-state index contributed by atoms with van der Waals surface area (Å²) in [6.45, 7) is 0.105. The fourth-order valence-corrected chi connectivity index (χ4v) is 1.03. The normalized spacial score (nSPS) is 10.6. The average molecular weight is 280 g/mol. The van der Waals surface area contributed by atoms with Gasteiger partial charge in [0.2, 0.25) is 0 Å². The molecule has 0 aliphatic heterocycles. The monoisotopic (exact) mass is 280 g/mol. The molecular weight excluding hydrogens is 264 g/mol. The Morgan fingerprint density at radius 1 is 1.17 bits per heavy atom. The van der Waals surface area contributed by atoms with E-state index in [1.165, 1.54) is 0 Å². The van der Waals surface area contributed by atoms with E-state index >= 15 is 0 Å². The largest absolute Gasteiger partial charge is 0.431 e. The molecule has 0 fully saturated rings. The fourth-order valence-electron chi connectivity index (χ4n) is 0.985. The minimum atomic E-state index is -4.10. The summed E-state index contributed by atoms with van der Waals surface area (Å²) in [7, 11) is -4.10. The Kier molecular flexibility index (Phi) is 7.19. The topological polar surface area (TPSA) is 177 Å². The van der Waals surface area contributed by atoms with Crippen LogP contribution in [0.4, 0.5) is 11.4 Å². The number of benzene rings is 1. The van der Waals surface area contributed by atoms with Crippen LogP contribution in [0.15, 0.2) is 18.2 Å². The van der Waals surface area contributed by atoms with Crippen molar-refractivity contribution in [1.29, 1.82) is 0 Å². The Morgan fingerprint density at radius 2 is 1.72 bits per heavy atom. The van der Waals surface area contributed by atoms with Gasteiger partial charge in [0.25, 0.3) is 0 Å². The van der Waals surface area contributed by atoms with Gasteiger partial charge in [-0.15, -0.1) is 0 Å². The second-order valence-electron chi connectivity index (χ2n) is 3.03. The molecule has 0 radical (unpaired) electrons. The van der Waals surface area contributed by atoms with Gasteiger partial charge in [-0.25, -0.2) is 0 Å². The zero-order valence-electron chi connectivity index (χ0n) is 9.44. The van der Waals surface area contributed by atoms with Gasteiger partial charge in [0, 0.05) is 18.0 Å². The molecule has 0 heterocycles. The van der Waals surface area contributed by atoms with E-state index in [-0.39, 0.29) is 6.61 Å². The number of aliphatic hydroxyl groups is 1. The van der Waals surface area contributed by atoms with E-state index in [9.17, 15) is 8.42 Å². The second-order valence-corrected chi connectivity index (χ2v) is 4.23. The molecule has 0 amide bonds. The number of hydrogen-bond donors (Lipinski definition) is 5. The third-order valence-corrected chi connectivity index (χ3v) is 2.26. The number of aliphatic hydroxyl groups excluding tert-OH is 1. The first-order chi connectivity index (χ1) is 8.36. The van der Waals surface area contributed by atoms with Gasteiger partial charge in [-0.1, -0.05) is 0 Å². The molecule has 0 atom stereocenters. The molecule has 1 rings (SSSR count). The summed E-state index contributed by atoms with van der Waals surface area (Å²) >= 11 is 0. The molecule has 9 nitrogen and oxygen atoms in total. The van der Waals surface area contributed by atoms with E-state index in [4.69, 9.17) is 16.6 Å². The van der Waals surface area contributed by atoms with E-state index in [1.807, 2.05) is 0 Å². The molecule has 0 aromatic heterocycles. The molecule has 10 heteroatoms. The lowest BCUT2D eigenvalue weighted by atomic mass is 10.1. The van der Waals surface area contributed by atoms with Crippen molar-refractivity contribution < 1.29 is 22.1 Å². The standard InChI is InChI=1S/C8H12N2O.H4N2O4S/c9-7-1-2-8(10)6(5-7)3-4-11;1-5-7(3,4)6-2/h1-2,5,11H,3-4,9-10H2;1-2H2. The van der Waals surface area contributed by atoms with Crippen LogP contribution in [0.5, 0.6) is 0 Å².